The Morgan fingerprint density at radius 1 is 0.548 bits per heavy atom. The van der Waals surface area contributed by atoms with Crippen molar-refractivity contribution in [3.8, 4) is 16.8 Å². The first-order valence-corrected chi connectivity index (χ1v) is 15.4. The summed E-state index contributed by atoms with van der Waals surface area (Å²) in [5.74, 6) is 0. The Labute approximate surface area is 249 Å². The lowest BCUT2D eigenvalue weighted by Gasteiger charge is -2.35. The number of hydrogen-bond donors (Lipinski definition) is 0. The maximum atomic E-state index is 2.47. The lowest BCUT2D eigenvalue weighted by Crippen LogP contribution is -2.18. The van der Waals surface area contributed by atoms with Crippen molar-refractivity contribution < 1.29 is 0 Å². The molecule has 1 aliphatic heterocycles. The van der Waals surface area contributed by atoms with Crippen LogP contribution in [0.2, 0.25) is 0 Å². The molecule has 0 atom stereocenters. The van der Waals surface area contributed by atoms with Crippen LogP contribution in [-0.2, 0) is 5.41 Å². The maximum absolute atomic E-state index is 2.47. The molecular weight excluding hydrogens is 529 g/mol. The van der Waals surface area contributed by atoms with Gasteiger partial charge in [0, 0.05) is 42.9 Å². The number of nitrogens with zero attached hydrogens (tertiary/aromatic N) is 2. The van der Waals surface area contributed by atoms with Crippen molar-refractivity contribution in [2.75, 3.05) is 4.90 Å². The van der Waals surface area contributed by atoms with Crippen LogP contribution < -0.4 is 4.90 Å². The minimum absolute atomic E-state index is 0.0280. The Balaban J connectivity index is 1.31. The molecule has 200 valence electrons. The normalized spacial score (nSPS) is 14.5. The first-order chi connectivity index (χ1) is 20.6. The molecule has 1 aliphatic carbocycles. The number of hydrogen-bond acceptors (Lipinski definition) is 2. The highest BCUT2D eigenvalue weighted by Gasteiger charge is 2.39. The number of benzene rings is 6. The van der Waals surface area contributed by atoms with Crippen LogP contribution >= 0.6 is 11.8 Å². The van der Waals surface area contributed by atoms with E-state index in [2.05, 4.69) is 157 Å². The van der Waals surface area contributed by atoms with Gasteiger partial charge in [0.25, 0.3) is 0 Å². The zero-order valence-corrected chi connectivity index (χ0v) is 24.3. The number of fused-ring (bicyclic) bond motifs is 9. The summed E-state index contributed by atoms with van der Waals surface area (Å²) in [4.78, 5) is 5.07. The van der Waals surface area contributed by atoms with E-state index in [1.54, 1.807) is 0 Å². The number of aromatic nitrogens is 1. The van der Waals surface area contributed by atoms with Crippen LogP contribution in [0.15, 0.2) is 143 Å². The molecule has 2 aliphatic rings. The molecule has 0 amide bonds. The minimum Gasteiger partial charge on any atom is -0.309 e. The summed E-state index contributed by atoms with van der Waals surface area (Å²) < 4.78 is 2.41. The zero-order valence-electron chi connectivity index (χ0n) is 23.5. The lowest BCUT2D eigenvalue weighted by molar-refractivity contribution is 0.659. The summed E-state index contributed by atoms with van der Waals surface area (Å²) in [5.41, 5.74) is 12.8. The van der Waals surface area contributed by atoms with Crippen LogP contribution in [0.3, 0.4) is 0 Å². The van der Waals surface area contributed by atoms with Crippen molar-refractivity contribution in [3.05, 3.63) is 145 Å². The van der Waals surface area contributed by atoms with Crippen molar-refractivity contribution in [1.29, 1.82) is 0 Å². The van der Waals surface area contributed by atoms with E-state index in [0.717, 1.165) is 0 Å². The summed E-state index contributed by atoms with van der Waals surface area (Å²) >= 11 is 1.91. The van der Waals surface area contributed by atoms with Crippen LogP contribution in [0.4, 0.5) is 17.1 Å². The molecule has 0 N–H and O–H groups in total. The third-order valence-corrected chi connectivity index (χ3v) is 10.4. The second kappa shape index (κ2) is 8.64. The molecule has 0 radical (unpaired) electrons. The molecule has 42 heavy (non-hydrogen) atoms. The van der Waals surface area contributed by atoms with Gasteiger partial charge in [0.15, 0.2) is 0 Å². The molecule has 2 nitrogen and oxygen atoms in total. The van der Waals surface area contributed by atoms with Gasteiger partial charge in [-0.2, -0.15) is 0 Å². The fourth-order valence-corrected chi connectivity index (χ4v) is 8.43. The van der Waals surface area contributed by atoms with Crippen molar-refractivity contribution in [3.63, 3.8) is 0 Å². The Kier molecular flexibility index (Phi) is 4.92. The van der Waals surface area contributed by atoms with Gasteiger partial charge in [-0.15, -0.1) is 0 Å². The summed E-state index contributed by atoms with van der Waals surface area (Å²) in [5, 5.41) is 2.56. The molecular formula is C39H28N2S. The molecule has 0 saturated heterocycles. The van der Waals surface area contributed by atoms with Crippen LogP contribution in [0.25, 0.3) is 38.6 Å². The van der Waals surface area contributed by atoms with Gasteiger partial charge in [-0.05, 0) is 65.2 Å². The molecule has 7 aromatic rings. The number of para-hydroxylation sites is 3. The van der Waals surface area contributed by atoms with E-state index < -0.39 is 0 Å². The molecule has 6 aromatic carbocycles. The highest BCUT2D eigenvalue weighted by molar-refractivity contribution is 8.00. The van der Waals surface area contributed by atoms with E-state index in [0.29, 0.717) is 0 Å². The smallest absolute Gasteiger partial charge is 0.0622 e. The molecule has 9 rings (SSSR count). The molecule has 2 heterocycles. The monoisotopic (exact) mass is 556 g/mol. The summed E-state index contributed by atoms with van der Waals surface area (Å²) in [6, 6.07) is 49.0. The van der Waals surface area contributed by atoms with E-state index in [1.165, 1.54) is 76.6 Å². The minimum atomic E-state index is -0.0280. The van der Waals surface area contributed by atoms with E-state index in [-0.39, 0.29) is 5.41 Å². The Morgan fingerprint density at radius 2 is 1.21 bits per heavy atom. The van der Waals surface area contributed by atoms with Crippen LogP contribution in [0.1, 0.15) is 25.0 Å². The Hall–Kier alpha value is -4.73. The van der Waals surface area contributed by atoms with Crippen molar-refractivity contribution in [2.24, 2.45) is 0 Å². The quantitative estimate of drug-likeness (QED) is 0.209. The van der Waals surface area contributed by atoms with Crippen LogP contribution in [0.5, 0.6) is 0 Å². The molecule has 0 unspecified atom stereocenters. The van der Waals surface area contributed by atoms with Gasteiger partial charge in [-0.25, -0.2) is 0 Å². The average Bonchev–Trinajstić information content (AvgIpc) is 3.49. The third kappa shape index (κ3) is 3.17. The average molecular weight is 557 g/mol. The SMILES string of the molecule is CC1(C)c2ccccc2-c2c1ccc1c2Sc2ccc(-n3c4ccccc4c4ccccc43)cc2N1c1ccccc1. The van der Waals surface area contributed by atoms with Gasteiger partial charge in [0.2, 0.25) is 0 Å². The third-order valence-electron chi connectivity index (χ3n) is 9.17. The topological polar surface area (TPSA) is 8.17 Å². The molecule has 3 heteroatoms. The van der Waals surface area contributed by atoms with Gasteiger partial charge in [0.05, 0.1) is 22.4 Å². The van der Waals surface area contributed by atoms with Gasteiger partial charge in [-0.3, -0.25) is 0 Å². The highest BCUT2D eigenvalue weighted by atomic mass is 32.2. The largest absolute Gasteiger partial charge is 0.309 e. The summed E-state index contributed by atoms with van der Waals surface area (Å²) in [6.45, 7) is 4.72. The predicted molar refractivity (Wildman–Crippen MR) is 177 cm³/mol. The second-order valence-corrected chi connectivity index (χ2v) is 12.9. The van der Waals surface area contributed by atoms with Crippen LogP contribution in [-0.4, -0.2) is 4.57 Å². The predicted octanol–water partition coefficient (Wildman–Crippen LogP) is 11.0. The second-order valence-electron chi connectivity index (χ2n) is 11.8. The van der Waals surface area contributed by atoms with E-state index in [4.69, 9.17) is 0 Å². The van der Waals surface area contributed by atoms with E-state index >= 15 is 0 Å². The van der Waals surface area contributed by atoms with Crippen molar-refractivity contribution in [1.82, 2.24) is 4.57 Å². The Bertz CT molecular complexity index is 2150. The molecule has 0 fully saturated rings. The van der Waals surface area contributed by atoms with Gasteiger partial charge >= 0.3 is 0 Å². The van der Waals surface area contributed by atoms with Gasteiger partial charge in [0.1, 0.15) is 0 Å². The van der Waals surface area contributed by atoms with Gasteiger partial charge < -0.3 is 9.47 Å². The highest BCUT2D eigenvalue weighted by Crippen LogP contribution is 2.60. The molecule has 0 bridgehead atoms. The van der Waals surface area contributed by atoms with E-state index in [9.17, 15) is 0 Å². The van der Waals surface area contributed by atoms with Crippen molar-refractivity contribution >= 4 is 50.6 Å². The standard InChI is InChI=1S/C39H28N2S/c1-39(2)30-17-9-6-16-29(30)37-31(39)21-22-34-38(37)42-36-23-20-26(24-35(36)40(34)25-12-4-3-5-13-25)41-32-18-10-7-14-27(32)28-15-8-11-19-33(28)41/h3-24H,1-2H3. The van der Waals surface area contributed by atoms with E-state index in [1.807, 2.05) is 11.8 Å². The molecule has 0 saturated carbocycles. The zero-order chi connectivity index (χ0) is 28.0. The molecule has 1 aromatic heterocycles. The fraction of sp³-hybridized carbons (Fsp3) is 0.0769. The summed E-state index contributed by atoms with van der Waals surface area (Å²) in [6.07, 6.45) is 0. The van der Waals surface area contributed by atoms with Crippen LogP contribution in [0, 0.1) is 0 Å². The first kappa shape index (κ1) is 23.9. The number of rotatable bonds is 2. The van der Waals surface area contributed by atoms with Gasteiger partial charge in [-0.1, -0.05) is 111 Å². The maximum Gasteiger partial charge on any atom is 0.0622 e. The fourth-order valence-electron chi connectivity index (χ4n) is 7.23. The first-order valence-electron chi connectivity index (χ1n) is 14.5. The van der Waals surface area contributed by atoms with Crippen molar-refractivity contribution in [2.45, 2.75) is 29.1 Å². The summed E-state index contributed by atoms with van der Waals surface area (Å²) in [7, 11) is 0. The Morgan fingerprint density at radius 3 is 1.98 bits per heavy atom. The lowest BCUT2D eigenvalue weighted by atomic mass is 9.82. The number of anilines is 3. The molecule has 0 spiro atoms.